The SMILES string of the molecule is CC(C)Oc1cc(N)cc(N(CC2CC2)CC2CC2)c1. The van der Waals surface area contributed by atoms with Gasteiger partial charge in [0.05, 0.1) is 6.10 Å². The lowest BCUT2D eigenvalue weighted by molar-refractivity contribution is 0.242. The van der Waals surface area contributed by atoms with E-state index in [4.69, 9.17) is 10.5 Å². The highest BCUT2D eigenvalue weighted by Gasteiger charge is 2.29. The molecule has 1 aromatic rings. The summed E-state index contributed by atoms with van der Waals surface area (Å²) in [5.41, 5.74) is 8.10. The monoisotopic (exact) mass is 274 g/mol. The maximum absolute atomic E-state index is 6.06. The fraction of sp³-hybridized carbons (Fsp3) is 0.647. The third-order valence-electron chi connectivity index (χ3n) is 4.00. The Hall–Kier alpha value is -1.38. The van der Waals surface area contributed by atoms with Crippen molar-refractivity contribution in [3.8, 4) is 5.75 Å². The van der Waals surface area contributed by atoms with Crippen LogP contribution >= 0.6 is 0 Å². The van der Waals surface area contributed by atoms with Gasteiger partial charge in [0, 0.05) is 36.6 Å². The highest BCUT2D eigenvalue weighted by Crippen LogP contribution is 2.37. The molecule has 20 heavy (non-hydrogen) atoms. The number of hydrogen-bond acceptors (Lipinski definition) is 3. The van der Waals surface area contributed by atoms with Crippen molar-refractivity contribution >= 4 is 11.4 Å². The summed E-state index contributed by atoms with van der Waals surface area (Å²) >= 11 is 0. The van der Waals surface area contributed by atoms with Crippen LogP contribution in [0.2, 0.25) is 0 Å². The van der Waals surface area contributed by atoms with Gasteiger partial charge in [0.15, 0.2) is 0 Å². The molecule has 2 aliphatic rings. The predicted octanol–water partition coefficient (Wildman–Crippen LogP) is 3.68. The van der Waals surface area contributed by atoms with Gasteiger partial charge in [0.2, 0.25) is 0 Å². The molecule has 0 atom stereocenters. The van der Waals surface area contributed by atoms with Crippen molar-refractivity contribution in [1.29, 1.82) is 0 Å². The van der Waals surface area contributed by atoms with E-state index in [0.717, 1.165) is 23.3 Å². The molecule has 0 saturated heterocycles. The van der Waals surface area contributed by atoms with Gasteiger partial charge in [0.25, 0.3) is 0 Å². The molecule has 3 heteroatoms. The van der Waals surface area contributed by atoms with Crippen molar-refractivity contribution in [2.24, 2.45) is 11.8 Å². The van der Waals surface area contributed by atoms with Gasteiger partial charge in [-0.2, -0.15) is 0 Å². The summed E-state index contributed by atoms with van der Waals surface area (Å²) < 4.78 is 5.82. The van der Waals surface area contributed by atoms with Crippen LogP contribution in [0.1, 0.15) is 39.5 Å². The number of anilines is 2. The molecule has 0 spiro atoms. The summed E-state index contributed by atoms with van der Waals surface area (Å²) in [6, 6.07) is 6.18. The molecule has 3 nitrogen and oxygen atoms in total. The summed E-state index contributed by atoms with van der Waals surface area (Å²) in [5, 5.41) is 0. The Morgan fingerprint density at radius 1 is 1.10 bits per heavy atom. The first-order chi connectivity index (χ1) is 9.60. The lowest BCUT2D eigenvalue weighted by Crippen LogP contribution is -2.28. The summed E-state index contributed by atoms with van der Waals surface area (Å²) in [4.78, 5) is 2.53. The lowest BCUT2D eigenvalue weighted by atomic mass is 10.2. The molecule has 2 fully saturated rings. The topological polar surface area (TPSA) is 38.5 Å². The van der Waals surface area contributed by atoms with Crippen LogP contribution in [0, 0.1) is 11.8 Å². The molecule has 0 aliphatic heterocycles. The fourth-order valence-electron chi connectivity index (χ4n) is 2.64. The Morgan fingerprint density at radius 3 is 2.20 bits per heavy atom. The van der Waals surface area contributed by atoms with Crippen LogP contribution in [0.5, 0.6) is 5.75 Å². The summed E-state index contributed by atoms with van der Waals surface area (Å²) in [6.07, 6.45) is 5.74. The van der Waals surface area contributed by atoms with Crippen molar-refractivity contribution in [2.45, 2.75) is 45.6 Å². The molecule has 3 rings (SSSR count). The molecule has 0 radical (unpaired) electrons. The maximum atomic E-state index is 6.06. The molecular weight excluding hydrogens is 248 g/mol. The number of rotatable bonds is 7. The summed E-state index contributed by atoms with van der Waals surface area (Å²) in [5.74, 6) is 2.68. The quantitative estimate of drug-likeness (QED) is 0.771. The number of nitrogen functional groups attached to an aromatic ring is 1. The van der Waals surface area contributed by atoms with E-state index in [1.807, 2.05) is 6.07 Å². The van der Waals surface area contributed by atoms with Crippen molar-refractivity contribution in [3.05, 3.63) is 18.2 Å². The van der Waals surface area contributed by atoms with E-state index in [-0.39, 0.29) is 6.10 Å². The van der Waals surface area contributed by atoms with Crippen LogP contribution in [-0.2, 0) is 0 Å². The number of nitrogens with two attached hydrogens (primary N) is 1. The van der Waals surface area contributed by atoms with E-state index in [1.165, 1.54) is 44.5 Å². The van der Waals surface area contributed by atoms with Crippen LogP contribution in [-0.4, -0.2) is 19.2 Å². The third-order valence-corrected chi connectivity index (χ3v) is 4.00. The largest absolute Gasteiger partial charge is 0.491 e. The Kier molecular flexibility index (Phi) is 3.77. The van der Waals surface area contributed by atoms with Gasteiger partial charge >= 0.3 is 0 Å². The van der Waals surface area contributed by atoms with E-state index < -0.39 is 0 Å². The second-order valence-corrected chi connectivity index (χ2v) is 6.72. The van der Waals surface area contributed by atoms with Crippen LogP contribution in [0.15, 0.2) is 18.2 Å². The molecule has 1 aromatic carbocycles. The minimum atomic E-state index is 0.185. The highest BCUT2D eigenvalue weighted by atomic mass is 16.5. The normalized spacial score (nSPS) is 18.4. The molecular formula is C17H26N2O. The van der Waals surface area contributed by atoms with Gasteiger partial charge in [-0.15, -0.1) is 0 Å². The number of benzene rings is 1. The molecule has 0 heterocycles. The average Bonchev–Trinajstić information content (AvgIpc) is 3.21. The smallest absolute Gasteiger partial charge is 0.123 e. The number of nitrogens with zero attached hydrogens (tertiary/aromatic N) is 1. The molecule has 0 amide bonds. The first-order valence-electron chi connectivity index (χ1n) is 7.92. The van der Waals surface area contributed by atoms with Crippen LogP contribution in [0.25, 0.3) is 0 Å². The number of ether oxygens (including phenoxy) is 1. The first-order valence-corrected chi connectivity index (χ1v) is 7.92. The Morgan fingerprint density at radius 2 is 1.70 bits per heavy atom. The Bertz CT molecular complexity index is 450. The zero-order chi connectivity index (χ0) is 14.1. The molecule has 0 aromatic heterocycles. The molecule has 2 saturated carbocycles. The second-order valence-electron chi connectivity index (χ2n) is 6.72. The summed E-state index contributed by atoms with van der Waals surface area (Å²) in [6.45, 7) is 6.46. The molecule has 0 bridgehead atoms. The van der Waals surface area contributed by atoms with Crippen molar-refractivity contribution < 1.29 is 4.74 Å². The van der Waals surface area contributed by atoms with Gasteiger partial charge in [-0.25, -0.2) is 0 Å². The number of hydrogen-bond donors (Lipinski definition) is 1. The zero-order valence-electron chi connectivity index (χ0n) is 12.6. The zero-order valence-corrected chi connectivity index (χ0v) is 12.6. The van der Waals surface area contributed by atoms with Gasteiger partial charge in [-0.05, 0) is 57.4 Å². The van der Waals surface area contributed by atoms with Crippen molar-refractivity contribution in [3.63, 3.8) is 0 Å². The molecule has 2 aliphatic carbocycles. The second kappa shape index (κ2) is 5.55. The molecule has 2 N–H and O–H groups in total. The average molecular weight is 274 g/mol. The minimum Gasteiger partial charge on any atom is -0.491 e. The van der Waals surface area contributed by atoms with Crippen LogP contribution < -0.4 is 15.4 Å². The van der Waals surface area contributed by atoms with Crippen molar-refractivity contribution in [2.75, 3.05) is 23.7 Å². The van der Waals surface area contributed by atoms with E-state index in [9.17, 15) is 0 Å². The molecule has 110 valence electrons. The Labute approximate surface area is 122 Å². The Balaban J connectivity index is 1.77. The van der Waals surface area contributed by atoms with Crippen molar-refractivity contribution in [1.82, 2.24) is 0 Å². The third kappa shape index (κ3) is 3.81. The maximum Gasteiger partial charge on any atom is 0.123 e. The van der Waals surface area contributed by atoms with Gasteiger partial charge in [0.1, 0.15) is 5.75 Å². The predicted molar refractivity (Wildman–Crippen MR) is 84.3 cm³/mol. The highest BCUT2D eigenvalue weighted by molar-refractivity contribution is 5.60. The van der Waals surface area contributed by atoms with Gasteiger partial charge < -0.3 is 15.4 Å². The molecule has 0 unspecified atom stereocenters. The van der Waals surface area contributed by atoms with E-state index in [1.54, 1.807) is 0 Å². The van der Waals surface area contributed by atoms with E-state index in [0.29, 0.717) is 0 Å². The minimum absolute atomic E-state index is 0.185. The summed E-state index contributed by atoms with van der Waals surface area (Å²) in [7, 11) is 0. The van der Waals surface area contributed by atoms with E-state index >= 15 is 0 Å². The standard InChI is InChI=1S/C17H26N2O/c1-12(2)20-17-8-15(18)7-16(9-17)19(10-13-3-4-13)11-14-5-6-14/h7-9,12-14H,3-6,10-11,18H2,1-2H3. The van der Waals surface area contributed by atoms with Gasteiger partial charge in [-0.1, -0.05) is 0 Å². The van der Waals surface area contributed by atoms with Gasteiger partial charge in [-0.3, -0.25) is 0 Å². The fourth-order valence-corrected chi connectivity index (χ4v) is 2.64. The van der Waals surface area contributed by atoms with Crippen LogP contribution in [0.4, 0.5) is 11.4 Å². The first kappa shape index (κ1) is 13.6. The lowest BCUT2D eigenvalue weighted by Gasteiger charge is -2.26. The van der Waals surface area contributed by atoms with E-state index in [2.05, 4.69) is 30.9 Å². The van der Waals surface area contributed by atoms with Crippen LogP contribution in [0.3, 0.4) is 0 Å².